The third kappa shape index (κ3) is 4.28. The SMILES string of the molecule is CCCc1cccc(Nc2ncnc3cc(OC)c(N4CCC5(CCN(C)CC5)C5CC5C4=O)cc23)c1F. The number of piperidine rings is 1. The van der Waals surface area contributed by atoms with E-state index in [1.807, 2.05) is 36.1 Å². The van der Waals surface area contributed by atoms with Gasteiger partial charge in [0.25, 0.3) is 0 Å². The number of likely N-dealkylation sites (tertiary alicyclic amines) is 1. The van der Waals surface area contributed by atoms with Gasteiger partial charge in [0.05, 0.1) is 24.0 Å². The normalized spacial score (nSPS) is 22.8. The van der Waals surface area contributed by atoms with Crippen LogP contribution < -0.4 is 15.0 Å². The molecule has 2 saturated heterocycles. The second kappa shape index (κ2) is 9.80. The summed E-state index contributed by atoms with van der Waals surface area (Å²) in [7, 11) is 3.81. The zero-order valence-corrected chi connectivity index (χ0v) is 22.5. The maximum atomic E-state index is 15.2. The molecule has 2 atom stereocenters. The molecule has 6 rings (SSSR count). The first kappa shape index (κ1) is 25.0. The highest BCUT2D eigenvalue weighted by Gasteiger charge is 2.58. The lowest BCUT2D eigenvalue weighted by Gasteiger charge is -2.41. The molecule has 1 saturated carbocycles. The summed E-state index contributed by atoms with van der Waals surface area (Å²) >= 11 is 0. The van der Waals surface area contributed by atoms with E-state index in [9.17, 15) is 4.79 Å². The topological polar surface area (TPSA) is 70.6 Å². The number of carbonyl (C=O) groups is 1. The highest BCUT2D eigenvalue weighted by molar-refractivity contribution is 6.03. The van der Waals surface area contributed by atoms with E-state index in [2.05, 4.69) is 27.2 Å². The van der Waals surface area contributed by atoms with Crippen LogP contribution in [0.3, 0.4) is 0 Å². The molecule has 2 aliphatic heterocycles. The van der Waals surface area contributed by atoms with Crippen molar-refractivity contribution in [3.8, 4) is 5.75 Å². The maximum absolute atomic E-state index is 15.2. The lowest BCUT2D eigenvalue weighted by Crippen LogP contribution is -2.40. The summed E-state index contributed by atoms with van der Waals surface area (Å²) in [5.41, 5.74) is 2.72. The van der Waals surface area contributed by atoms with E-state index in [-0.39, 0.29) is 23.1 Å². The van der Waals surface area contributed by atoms with Gasteiger partial charge in [0.15, 0.2) is 0 Å². The van der Waals surface area contributed by atoms with E-state index in [0.29, 0.717) is 47.2 Å². The van der Waals surface area contributed by atoms with Crippen molar-refractivity contribution in [1.29, 1.82) is 0 Å². The number of amides is 1. The van der Waals surface area contributed by atoms with E-state index in [0.717, 1.165) is 56.3 Å². The lowest BCUT2D eigenvalue weighted by atomic mass is 9.71. The quantitative estimate of drug-likeness (QED) is 0.462. The molecule has 7 nitrogen and oxygen atoms in total. The molecule has 3 aromatic rings. The Morgan fingerprint density at radius 2 is 1.95 bits per heavy atom. The zero-order valence-electron chi connectivity index (χ0n) is 22.5. The smallest absolute Gasteiger partial charge is 0.230 e. The van der Waals surface area contributed by atoms with Gasteiger partial charge in [0, 0.05) is 23.9 Å². The van der Waals surface area contributed by atoms with Crippen LogP contribution in [0.2, 0.25) is 0 Å². The summed E-state index contributed by atoms with van der Waals surface area (Å²) in [5, 5.41) is 3.92. The molecule has 1 spiro atoms. The van der Waals surface area contributed by atoms with Crippen LogP contribution in [0.4, 0.5) is 21.6 Å². The summed E-state index contributed by atoms with van der Waals surface area (Å²) in [6.07, 6.45) is 7.30. The Morgan fingerprint density at radius 1 is 1.16 bits per heavy atom. The standard InChI is InChI=1S/C30H36FN5O2/c1-4-6-19-7-5-8-23(27(19)31)34-28-21-16-25(26(38-3)17-24(21)32-18-33-28)36-14-11-30(9-12-35(2)13-10-30)22-15-20(22)29(36)37/h5,7-8,16-18,20,22H,4,6,9-15H2,1-3H3,(H,32,33,34). The van der Waals surface area contributed by atoms with Crippen LogP contribution in [0.25, 0.3) is 10.9 Å². The number of hydrogen-bond acceptors (Lipinski definition) is 6. The molecule has 1 aliphatic carbocycles. The van der Waals surface area contributed by atoms with E-state index in [1.54, 1.807) is 13.2 Å². The highest BCUT2D eigenvalue weighted by atomic mass is 19.1. The summed E-state index contributed by atoms with van der Waals surface area (Å²) < 4.78 is 21.0. The Morgan fingerprint density at radius 3 is 2.71 bits per heavy atom. The van der Waals surface area contributed by atoms with Crippen LogP contribution in [-0.4, -0.2) is 54.6 Å². The number of aromatic nitrogens is 2. The van der Waals surface area contributed by atoms with E-state index >= 15 is 4.39 Å². The summed E-state index contributed by atoms with van der Waals surface area (Å²) in [6, 6.07) is 9.19. The van der Waals surface area contributed by atoms with Gasteiger partial charge in [-0.25, -0.2) is 14.4 Å². The first-order valence-electron chi connectivity index (χ1n) is 13.8. The van der Waals surface area contributed by atoms with Crippen LogP contribution in [-0.2, 0) is 11.2 Å². The maximum Gasteiger partial charge on any atom is 0.230 e. The summed E-state index contributed by atoms with van der Waals surface area (Å²) in [4.78, 5) is 27.0. The van der Waals surface area contributed by atoms with Gasteiger partial charge in [-0.1, -0.05) is 25.5 Å². The number of methoxy groups -OCH3 is 1. The second-order valence-corrected chi connectivity index (χ2v) is 11.3. The molecule has 0 radical (unpaired) electrons. The number of halogens is 1. The first-order valence-corrected chi connectivity index (χ1v) is 13.8. The molecule has 2 unspecified atom stereocenters. The van der Waals surface area contributed by atoms with Crippen molar-refractivity contribution in [3.63, 3.8) is 0 Å². The average molecular weight is 518 g/mol. The fourth-order valence-electron chi connectivity index (χ4n) is 6.71. The number of nitrogens with zero attached hydrogens (tertiary/aromatic N) is 4. The molecular weight excluding hydrogens is 481 g/mol. The number of benzene rings is 2. The van der Waals surface area contributed by atoms with Crippen molar-refractivity contribution in [1.82, 2.24) is 14.9 Å². The molecule has 0 bridgehead atoms. The number of aryl methyl sites for hydroxylation is 1. The molecule has 3 heterocycles. The molecule has 8 heteroatoms. The van der Waals surface area contributed by atoms with Gasteiger partial charge in [-0.05, 0) is 81.3 Å². The lowest BCUT2D eigenvalue weighted by molar-refractivity contribution is -0.120. The Balaban J connectivity index is 1.37. The van der Waals surface area contributed by atoms with Crippen molar-refractivity contribution in [3.05, 3.63) is 48.0 Å². The minimum absolute atomic E-state index is 0.0846. The molecule has 2 aromatic carbocycles. The van der Waals surface area contributed by atoms with E-state index in [4.69, 9.17) is 4.74 Å². The number of nitrogens with one attached hydrogen (secondary N) is 1. The molecule has 1 N–H and O–H groups in total. The van der Waals surface area contributed by atoms with Gasteiger partial charge in [0.1, 0.15) is 23.7 Å². The Bertz CT molecular complexity index is 1370. The summed E-state index contributed by atoms with van der Waals surface area (Å²) in [5.74, 6) is 1.61. The fourth-order valence-corrected chi connectivity index (χ4v) is 6.71. The number of rotatable bonds is 6. The third-order valence-electron chi connectivity index (χ3n) is 9.05. The van der Waals surface area contributed by atoms with Crippen LogP contribution in [0.1, 0.15) is 44.6 Å². The molecule has 200 valence electrons. The van der Waals surface area contributed by atoms with Gasteiger partial charge >= 0.3 is 0 Å². The largest absolute Gasteiger partial charge is 0.494 e. The van der Waals surface area contributed by atoms with Gasteiger partial charge in [-0.3, -0.25) is 4.79 Å². The van der Waals surface area contributed by atoms with Crippen LogP contribution in [0.5, 0.6) is 5.75 Å². The third-order valence-corrected chi connectivity index (χ3v) is 9.05. The predicted molar refractivity (Wildman–Crippen MR) is 147 cm³/mol. The van der Waals surface area contributed by atoms with Crippen LogP contribution in [0.15, 0.2) is 36.7 Å². The number of anilines is 3. The average Bonchev–Trinajstić information content (AvgIpc) is 3.74. The number of hydrogen-bond donors (Lipinski definition) is 1. The fraction of sp³-hybridized carbons (Fsp3) is 0.500. The Labute approximate surface area is 223 Å². The van der Waals surface area contributed by atoms with Gasteiger partial charge in [-0.2, -0.15) is 0 Å². The van der Waals surface area contributed by atoms with Crippen LogP contribution in [0, 0.1) is 23.1 Å². The number of carbonyl (C=O) groups excluding carboxylic acids is 1. The Kier molecular flexibility index (Phi) is 6.46. The molecule has 1 aromatic heterocycles. The highest BCUT2D eigenvalue weighted by Crippen LogP contribution is 2.60. The Hall–Kier alpha value is -3.26. The van der Waals surface area contributed by atoms with Gasteiger partial charge < -0.3 is 19.9 Å². The minimum Gasteiger partial charge on any atom is -0.494 e. The van der Waals surface area contributed by atoms with E-state index < -0.39 is 0 Å². The van der Waals surface area contributed by atoms with Crippen molar-refractivity contribution in [2.45, 2.75) is 45.4 Å². The zero-order chi connectivity index (χ0) is 26.4. The van der Waals surface area contributed by atoms with Gasteiger partial charge in [0.2, 0.25) is 5.91 Å². The predicted octanol–water partition coefficient (Wildman–Crippen LogP) is 5.56. The number of ether oxygens (including phenoxy) is 1. The van der Waals surface area contributed by atoms with Crippen molar-refractivity contribution in [2.24, 2.45) is 17.3 Å². The molecular formula is C30H36FN5O2. The summed E-state index contributed by atoms with van der Waals surface area (Å²) in [6.45, 7) is 4.90. The monoisotopic (exact) mass is 517 g/mol. The van der Waals surface area contributed by atoms with Crippen molar-refractivity contribution >= 4 is 34.0 Å². The minimum atomic E-state index is -0.263. The second-order valence-electron chi connectivity index (χ2n) is 11.3. The molecule has 3 fully saturated rings. The number of fused-ring (bicyclic) bond motifs is 3. The molecule has 38 heavy (non-hydrogen) atoms. The molecule has 1 amide bonds. The van der Waals surface area contributed by atoms with Crippen molar-refractivity contribution < 1.29 is 13.9 Å². The van der Waals surface area contributed by atoms with E-state index in [1.165, 1.54) is 6.33 Å². The van der Waals surface area contributed by atoms with Crippen LogP contribution >= 0.6 is 0 Å². The van der Waals surface area contributed by atoms with Crippen molar-refractivity contribution in [2.75, 3.05) is 44.0 Å². The molecule has 3 aliphatic rings. The first-order chi connectivity index (χ1) is 18.4. The van der Waals surface area contributed by atoms with Gasteiger partial charge in [-0.15, -0.1) is 0 Å².